The molecular weight excluding hydrogens is 657 g/mol. The first kappa shape index (κ1) is 35.0. The van der Waals surface area contributed by atoms with E-state index in [1.807, 2.05) is 96.8 Å². The third-order valence-electron chi connectivity index (χ3n) is 9.95. The summed E-state index contributed by atoms with van der Waals surface area (Å²) in [6.07, 6.45) is 6.17. The van der Waals surface area contributed by atoms with E-state index >= 15 is 0 Å². The standard InChI is InChI=1S/C39H45Cl2N5O3/c1-44(2)24-27-19-29-20-31(40)12-13-36(29)46(25-27)39(49)35(21-30-23-42-34-10-6-4-8-32(30)34)43-37(47)14-11-26-15-17-45(18-16-26)38(48)22-28-7-3-5-9-33(28)41/h3-10,12-13,20,23,26-27,35,42H,11,14-19,21-22,24-25H2,1-2H3,(H,43,47)/t27-,35+/m0/s1. The highest BCUT2D eigenvalue weighted by atomic mass is 35.5. The van der Waals surface area contributed by atoms with E-state index in [9.17, 15) is 14.4 Å². The van der Waals surface area contributed by atoms with Crippen LogP contribution in [0.15, 0.2) is 72.9 Å². The van der Waals surface area contributed by atoms with Gasteiger partial charge in [-0.1, -0.05) is 59.6 Å². The maximum absolute atomic E-state index is 14.5. The first-order valence-electron chi connectivity index (χ1n) is 17.2. The van der Waals surface area contributed by atoms with Crippen molar-refractivity contribution in [2.75, 3.05) is 45.2 Å². The lowest BCUT2D eigenvalue weighted by Crippen LogP contribution is -2.53. The van der Waals surface area contributed by atoms with Crippen LogP contribution in [0.3, 0.4) is 0 Å². The van der Waals surface area contributed by atoms with Crippen molar-refractivity contribution in [1.82, 2.24) is 20.1 Å². The van der Waals surface area contributed by atoms with Crippen LogP contribution in [0, 0.1) is 11.8 Å². The zero-order valence-corrected chi connectivity index (χ0v) is 29.8. The molecule has 2 atom stereocenters. The fraction of sp³-hybridized carbons (Fsp3) is 0.410. The molecule has 3 aromatic carbocycles. The highest BCUT2D eigenvalue weighted by Crippen LogP contribution is 2.33. The Morgan fingerprint density at radius 3 is 2.49 bits per heavy atom. The molecule has 3 heterocycles. The number of hydrogen-bond acceptors (Lipinski definition) is 4. The van der Waals surface area contributed by atoms with E-state index in [-0.39, 0.29) is 23.6 Å². The highest BCUT2D eigenvalue weighted by molar-refractivity contribution is 6.31. The number of carbonyl (C=O) groups excluding carboxylic acids is 3. The molecule has 2 aliphatic heterocycles. The molecule has 0 bridgehead atoms. The average molecular weight is 703 g/mol. The largest absolute Gasteiger partial charge is 0.361 e. The lowest BCUT2D eigenvalue weighted by molar-refractivity contribution is -0.132. The maximum Gasteiger partial charge on any atom is 0.249 e. The summed E-state index contributed by atoms with van der Waals surface area (Å²) in [6, 6.07) is 20.5. The van der Waals surface area contributed by atoms with E-state index in [0.717, 1.165) is 59.1 Å². The Labute approximate surface area is 298 Å². The van der Waals surface area contributed by atoms with Gasteiger partial charge in [-0.2, -0.15) is 0 Å². The number of hydrogen-bond donors (Lipinski definition) is 2. The molecule has 1 saturated heterocycles. The molecule has 0 unspecified atom stereocenters. The number of carbonyl (C=O) groups is 3. The van der Waals surface area contributed by atoms with Crippen LogP contribution in [0.5, 0.6) is 0 Å². The second-order valence-corrected chi connectivity index (χ2v) is 14.7. The van der Waals surface area contributed by atoms with Crippen LogP contribution in [-0.4, -0.2) is 78.8 Å². The third-order valence-corrected chi connectivity index (χ3v) is 10.6. The molecule has 0 spiro atoms. The summed E-state index contributed by atoms with van der Waals surface area (Å²) < 4.78 is 0. The Bertz CT molecular complexity index is 1800. The first-order valence-corrected chi connectivity index (χ1v) is 18.0. The lowest BCUT2D eigenvalue weighted by atomic mass is 9.90. The fourth-order valence-corrected chi connectivity index (χ4v) is 7.86. The minimum Gasteiger partial charge on any atom is -0.361 e. The second kappa shape index (κ2) is 15.8. The molecule has 1 aromatic heterocycles. The monoisotopic (exact) mass is 701 g/mol. The van der Waals surface area contributed by atoms with E-state index in [1.165, 1.54) is 0 Å². The zero-order valence-electron chi connectivity index (χ0n) is 28.3. The number of H-pyrrole nitrogens is 1. The van der Waals surface area contributed by atoms with Crippen LogP contribution in [0.4, 0.5) is 5.69 Å². The van der Waals surface area contributed by atoms with E-state index in [1.54, 1.807) is 0 Å². The summed E-state index contributed by atoms with van der Waals surface area (Å²) in [5.41, 5.74) is 4.73. The highest BCUT2D eigenvalue weighted by Gasteiger charge is 2.34. The van der Waals surface area contributed by atoms with E-state index < -0.39 is 6.04 Å². The Kier molecular flexibility index (Phi) is 11.3. The number of rotatable bonds is 11. The van der Waals surface area contributed by atoms with Gasteiger partial charge in [-0.15, -0.1) is 0 Å². The molecule has 6 rings (SSSR count). The van der Waals surface area contributed by atoms with Gasteiger partial charge in [0.2, 0.25) is 17.7 Å². The maximum atomic E-state index is 14.5. The third kappa shape index (κ3) is 8.66. The molecule has 0 saturated carbocycles. The number of fused-ring (bicyclic) bond motifs is 2. The second-order valence-electron chi connectivity index (χ2n) is 13.9. The number of benzene rings is 3. The normalized spacial score (nSPS) is 17.3. The molecule has 10 heteroatoms. The van der Waals surface area contributed by atoms with Gasteiger partial charge in [0.15, 0.2) is 0 Å². The summed E-state index contributed by atoms with van der Waals surface area (Å²) in [7, 11) is 4.09. The summed E-state index contributed by atoms with van der Waals surface area (Å²) in [5, 5.41) is 5.46. The van der Waals surface area contributed by atoms with Crippen molar-refractivity contribution in [1.29, 1.82) is 0 Å². The Hall–Kier alpha value is -3.85. The molecule has 0 aliphatic carbocycles. The number of aromatic nitrogens is 1. The fourth-order valence-electron chi connectivity index (χ4n) is 7.46. The predicted molar refractivity (Wildman–Crippen MR) is 197 cm³/mol. The number of aromatic amines is 1. The molecular formula is C39H45Cl2N5O3. The molecule has 2 N–H and O–H groups in total. The Morgan fingerprint density at radius 2 is 1.71 bits per heavy atom. The van der Waals surface area contributed by atoms with Crippen LogP contribution in [0.2, 0.25) is 10.0 Å². The number of anilines is 1. The molecule has 258 valence electrons. The average Bonchev–Trinajstić information content (AvgIpc) is 3.49. The minimum atomic E-state index is -0.738. The summed E-state index contributed by atoms with van der Waals surface area (Å²) in [5.74, 6) is 0.405. The Balaban J connectivity index is 1.12. The topological polar surface area (TPSA) is 88.8 Å². The van der Waals surface area contributed by atoms with Gasteiger partial charge >= 0.3 is 0 Å². The summed E-state index contributed by atoms with van der Waals surface area (Å²) in [6.45, 7) is 2.74. The SMILES string of the molecule is CN(C)C[C@@H]1Cc2cc(Cl)ccc2N(C(=O)[C@@H](Cc2c[nH]c3ccccc23)NC(=O)CCC2CCN(C(=O)Cc3ccccc3Cl)CC2)C1. The smallest absolute Gasteiger partial charge is 0.249 e. The predicted octanol–water partition coefficient (Wildman–Crippen LogP) is 6.53. The molecule has 3 amide bonds. The molecule has 1 fully saturated rings. The number of para-hydroxylation sites is 1. The van der Waals surface area contributed by atoms with Crippen molar-refractivity contribution in [2.45, 2.75) is 51.0 Å². The van der Waals surface area contributed by atoms with Crippen molar-refractivity contribution in [3.05, 3.63) is 99.7 Å². The number of nitrogens with zero attached hydrogens (tertiary/aromatic N) is 3. The molecule has 4 aromatic rings. The van der Waals surface area contributed by atoms with Crippen molar-refractivity contribution in [3.63, 3.8) is 0 Å². The number of piperidine rings is 1. The van der Waals surface area contributed by atoms with E-state index in [2.05, 4.69) is 15.2 Å². The van der Waals surface area contributed by atoms with Gasteiger partial charge < -0.3 is 25.0 Å². The van der Waals surface area contributed by atoms with Crippen LogP contribution in [0.25, 0.3) is 10.9 Å². The van der Waals surface area contributed by atoms with Gasteiger partial charge in [0.25, 0.3) is 0 Å². The van der Waals surface area contributed by atoms with Gasteiger partial charge in [-0.25, -0.2) is 0 Å². The lowest BCUT2D eigenvalue weighted by Gasteiger charge is -2.37. The number of nitrogens with one attached hydrogen (secondary N) is 2. The van der Waals surface area contributed by atoms with Gasteiger partial charge in [0.1, 0.15) is 6.04 Å². The van der Waals surface area contributed by atoms with Crippen LogP contribution in [0.1, 0.15) is 42.4 Å². The van der Waals surface area contributed by atoms with Crippen molar-refractivity contribution >= 4 is 57.5 Å². The van der Waals surface area contributed by atoms with Gasteiger partial charge in [-0.3, -0.25) is 14.4 Å². The number of likely N-dealkylation sites (tertiary alicyclic amines) is 1. The zero-order chi connectivity index (χ0) is 34.5. The summed E-state index contributed by atoms with van der Waals surface area (Å²) >= 11 is 12.7. The number of halogens is 2. The van der Waals surface area contributed by atoms with Crippen molar-refractivity contribution < 1.29 is 14.4 Å². The molecule has 0 radical (unpaired) electrons. The van der Waals surface area contributed by atoms with Gasteiger partial charge in [0, 0.05) is 71.9 Å². The van der Waals surface area contributed by atoms with E-state index in [4.69, 9.17) is 23.2 Å². The quantitative estimate of drug-likeness (QED) is 0.186. The molecule has 49 heavy (non-hydrogen) atoms. The van der Waals surface area contributed by atoms with Crippen molar-refractivity contribution in [2.24, 2.45) is 11.8 Å². The molecule has 2 aliphatic rings. The summed E-state index contributed by atoms with van der Waals surface area (Å²) in [4.78, 5) is 50.3. The minimum absolute atomic E-state index is 0.0808. The van der Waals surface area contributed by atoms with Crippen LogP contribution < -0.4 is 10.2 Å². The Morgan fingerprint density at radius 1 is 0.959 bits per heavy atom. The van der Waals surface area contributed by atoms with Gasteiger partial charge in [-0.05, 0) is 98.6 Å². The van der Waals surface area contributed by atoms with Crippen LogP contribution in [-0.2, 0) is 33.6 Å². The number of amides is 3. The molecule has 8 nitrogen and oxygen atoms in total. The van der Waals surface area contributed by atoms with Gasteiger partial charge in [0.05, 0.1) is 6.42 Å². The van der Waals surface area contributed by atoms with Crippen LogP contribution >= 0.6 is 23.2 Å². The first-order chi connectivity index (χ1) is 23.6. The van der Waals surface area contributed by atoms with Crippen molar-refractivity contribution in [3.8, 4) is 0 Å². The van der Waals surface area contributed by atoms with E-state index in [0.29, 0.717) is 61.3 Å².